The van der Waals surface area contributed by atoms with Crippen molar-refractivity contribution in [2.24, 2.45) is 5.92 Å². The van der Waals surface area contributed by atoms with Gasteiger partial charge in [-0.3, -0.25) is 0 Å². The van der Waals surface area contributed by atoms with E-state index in [9.17, 15) is 0 Å². The van der Waals surface area contributed by atoms with E-state index < -0.39 is 0 Å². The fourth-order valence-corrected chi connectivity index (χ4v) is 0.535. The smallest absolute Gasteiger partial charge is 0.00234 e. The van der Waals surface area contributed by atoms with Crippen molar-refractivity contribution in [3.8, 4) is 0 Å². The first-order chi connectivity index (χ1) is 3.81. The zero-order chi connectivity index (χ0) is 6.41. The third-order valence-electron chi connectivity index (χ3n) is 1.44. The summed E-state index contributed by atoms with van der Waals surface area (Å²) in [4.78, 5) is 0. The summed E-state index contributed by atoms with van der Waals surface area (Å²) in [5.74, 6) is 0.843. The molecule has 0 rings (SSSR count). The van der Waals surface area contributed by atoms with Crippen molar-refractivity contribution in [1.29, 1.82) is 0 Å². The van der Waals surface area contributed by atoms with Crippen LogP contribution in [-0.4, -0.2) is 13.1 Å². The van der Waals surface area contributed by atoms with Crippen LogP contribution < -0.4 is 5.32 Å². The monoisotopic (exact) mass is 115 g/mol. The molecule has 50 valence electrons. The minimum atomic E-state index is 0.843. The molecule has 0 spiro atoms. The SMILES string of the molecule is CCNC[C@@H](C)CC. The lowest BCUT2D eigenvalue weighted by atomic mass is 10.1. The van der Waals surface area contributed by atoms with Crippen LogP contribution in [0.3, 0.4) is 0 Å². The van der Waals surface area contributed by atoms with Crippen LogP contribution in [0.15, 0.2) is 0 Å². The zero-order valence-electron chi connectivity index (χ0n) is 6.20. The van der Waals surface area contributed by atoms with Crippen molar-refractivity contribution in [2.45, 2.75) is 27.2 Å². The molecule has 1 N–H and O–H groups in total. The molecule has 1 heteroatoms. The Morgan fingerprint density at radius 3 is 2.38 bits per heavy atom. The highest BCUT2D eigenvalue weighted by atomic mass is 14.8. The summed E-state index contributed by atoms with van der Waals surface area (Å²) in [6.07, 6.45) is 1.28. The van der Waals surface area contributed by atoms with E-state index in [2.05, 4.69) is 26.1 Å². The molecule has 0 aromatic heterocycles. The second-order valence-electron chi connectivity index (χ2n) is 2.32. The fraction of sp³-hybridized carbons (Fsp3) is 1.00. The predicted octanol–water partition coefficient (Wildman–Crippen LogP) is 1.64. The molecule has 0 radical (unpaired) electrons. The average Bonchev–Trinajstić information content (AvgIpc) is 1.83. The van der Waals surface area contributed by atoms with Crippen LogP contribution in [0.4, 0.5) is 0 Å². The van der Waals surface area contributed by atoms with Gasteiger partial charge >= 0.3 is 0 Å². The topological polar surface area (TPSA) is 12.0 Å². The normalized spacial score (nSPS) is 13.9. The first-order valence-electron chi connectivity index (χ1n) is 3.52. The highest BCUT2D eigenvalue weighted by Crippen LogP contribution is 1.95. The molecule has 0 aliphatic carbocycles. The Hall–Kier alpha value is -0.0400. The third kappa shape index (κ3) is 4.13. The van der Waals surface area contributed by atoms with E-state index in [4.69, 9.17) is 0 Å². The summed E-state index contributed by atoms with van der Waals surface area (Å²) in [6, 6.07) is 0. The molecule has 1 atom stereocenters. The van der Waals surface area contributed by atoms with Gasteiger partial charge in [-0.25, -0.2) is 0 Å². The highest BCUT2D eigenvalue weighted by molar-refractivity contribution is 4.51. The summed E-state index contributed by atoms with van der Waals surface area (Å²) in [7, 11) is 0. The Balaban J connectivity index is 2.86. The van der Waals surface area contributed by atoms with Gasteiger partial charge in [-0.05, 0) is 19.0 Å². The van der Waals surface area contributed by atoms with Gasteiger partial charge in [0.15, 0.2) is 0 Å². The average molecular weight is 115 g/mol. The molecule has 0 fully saturated rings. The van der Waals surface area contributed by atoms with Crippen molar-refractivity contribution >= 4 is 0 Å². The van der Waals surface area contributed by atoms with Gasteiger partial charge in [0.25, 0.3) is 0 Å². The number of hydrogen-bond acceptors (Lipinski definition) is 1. The van der Waals surface area contributed by atoms with E-state index in [0.29, 0.717) is 0 Å². The maximum absolute atomic E-state index is 3.30. The van der Waals surface area contributed by atoms with Gasteiger partial charge in [0.1, 0.15) is 0 Å². The Morgan fingerprint density at radius 2 is 2.00 bits per heavy atom. The molecule has 0 aromatic carbocycles. The van der Waals surface area contributed by atoms with E-state index in [1.807, 2.05) is 0 Å². The molecule has 0 aromatic rings. The van der Waals surface area contributed by atoms with Crippen molar-refractivity contribution in [1.82, 2.24) is 5.32 Å². The van der Waals surface area contributed by atoms with Gasteiger partial charge in [-0.15, -0.1) is 0 Å². The van der Waals surface area contributed by atoms with Gasteiger partial charge in [0, 0.05) is 0 Å². The molecule has 0 aliphatic rings. The van der Waals surface area contributed by atoms with E-state index in [1.165, 1.54) is 13.0 Å². The zero-order valence-corrected chi connectivity index (χ0v) is 6.20. The Morgan fingerprint density at radius 1 is 1.38 bits per heavy atom. The van der Waals surface area contributed by atoms with Crippen LogP contribution in [0.1, 0.15) is 27.2 Å². The predicted molar refractivity (Wildman–Crippen MR) is 38.0 cm³/mol. The standard InChI is InChI=1S/C7H17N/c1-4-7(3)6-8-5-2/h7-8H,4-6H2,1-3H3/t7-/m0/s1. The Kier molecular flexibility index (Phi) is 5.08. The van der Waals surface area contributed by atoms with E-state index in [1.54, 1.807) is 0 Å². The largest absolute Gasteiger partial charge is 0.317 e. The first kappa shape index (κ1) is 7.96. The van der Waals surface area contributed by atoms with Crippen LogP contribution in [0.5, 0.6) is 0 Å². The maximum Gasteiger partial charge on any atom is -0.00234 e. The molecule has 0 saturated carbocycles. The summed E-state index contributed by atoms with van der Waals surface area (Å²) < 4.78 is 0. The molecule has 1 nitrogen and oxygen atoms in total. The Labute approximate surface area is 52.5 Å². The third-order valence-corrected chi connectivity index (χ3v) is 1.44. The molecular weight excluding hydrogens is 98.1 g/mol. The summed E-state index contributed by atoms with van der Waals surface area (Å²) in [6.45, 7) is 8.91. The van der Waals surface area contributed by atoms with Gasteiger partial charge in [-0.2, -0.15) is 0 Å². The molecule has 0 amide bonds. The molecule has 0 unspecified atom stereocenters. The van der Waals surface area contributed by atoms with Crippen LogP contribution in [-0.2, 0) is 0 Å². The van der Waals surface area contributed by atoms with Crippen molar-refractivity contribution < 1.29 is 0 Å². The van der Waals surface area contributed by atoms with Gasteiger partial charge in [0.05, 0.1) is 0 Å². The fourth-order valence-electron chi connectivity index (χ4n) is 0.535. The van der Waals surface area contributed by atoms with E-state index >= 15 is 0 Å². The molecule has 8 heavy (non-hydrogen) atoms. The van der Waals surface area contributed by atoms with Crippen LogP contribution in [0.25, 0.3) is 0 Å². The minimum Gasteiger partial charge on any atom is -0.317 e. The molecule has 0 heterocycles. The lowest BCUT2D eigenvalue weighted by Gasteiger charge is -2.06. The molecule has 0 bridgehead atoms. The number of hydrogen-bond donors (Lipinski definition) is 1. The first-order valence-corrected chi connectivity index (χ1v) is 3.52. The quantitative estimate of drug-likeness (QED) is 0.587. The maximum atomic E-state index is 3.30. The number of nitrogens with one attached hydrogen (secondary N) is 1. The highest BCUT2D eigenvalue weighted by Gasteiger charge is 1.93. The van der Waals surface area contributed by atoms with Gasteiger partial charge < -0.3 is 5.32 Å². The summed E-state index contributed by atoms with van der Waals surface area (Å²) in [5.41, 5.74) is 0. The summed E-state index contributed by atoms with van der Waals surface area (Å²) in [5, 5.41) is 3.30. The molecular formula is C7H17N. The van der Waals surface area contributed by atoms with E-state index in [-0.39, 0.29) is 0 Å². The Bertz CT molecular complexity index is 43.7. The van der Waals surface area contributed by atoms with Crippen molar-refractivity contribution in [3.63, 3.8) is 0 Å². The number of rotatable bonds is 4. The van der Waals surface area contributed by atoms with Crippen molar-refractivity contribution in [3.05, 3.63) is 0 Å². The van der Waals surface area contributed by atoms with Crippen LogP contribution in [0, 0.1) is 5.92 Å². The molecule has 0 saturated heterocycles. The van der Waals surface area contributed by atoms with Crippen LogP contribution in [0.2, 0.25) is 0 Å². The van der Waals surface area contributed by atoms with Crippen LogP contribution >= 0.6 is 0 Å². The lowest BCUT2D eigenvalue weighted by Crippen LogP contribution is -2.19. The minimum absolute atomic E-state index is 0.843. The second-order valence-corrected chi connectivity index (χ2v) is 2.32. The van der Waals surface area contributed by atoms with Crippen molar-refractivity contribution in [2.75, 3.05) is 13.1 Å². The van der Waals surface area contributed by atoms with E-state index in [0.717, 1.165) is 12.5 Å². The molecule has 0 aliphatic heterocycles. The summed E-state index contributed by atoms with van der Waals surface area (Å²) >= 11 is 0. The van der Waals surface area contributed by atoms with Gasteiger partial charge in [0.2, 0.25) is 0 Å². The van der Waals surface area contributed by atoms with Gasteiger partial charge in [-0.1, -0.05) is 27.2 Å². The second kappa shape index (κ2) is 5.10. The lowest BCUT2D eigenvalue weighted by molar-refractivity contribution is 0.510.